The van der Waals surface area contributed by atoms with Crippen LogP contribution in [0.4, 0.5) is 5.69 Å². The smallest absolute Gasteiger partial charge is 0.251 e. The Bertz CT molecular complexity index is 627. The van der Waals surface area contributed by atoms with Crippen LogP contribution in [0.5, 0.6) is 0 Å². The molecule has 0 aliphatic carbocycles. The van der Waals surface area contributed by atoms with Crippen molar-refractivity contribution in [1.82, 2.24) is 5.32 Å². The van der Waals surface area contributed by atoms with Crippen LogP contribution in [0.15, 0.2) is 42.5 Å². The molecule has 0 aromatic heterocycles. The lowest BCUT2D eigenvalue weighted by Gasteiger charge is -2.09. The maximum Gasteiger partial charge on any atom is 0.251 e. The van der Waals surface area contributed by atoms with Crippen molar-refractivity contribution in [2.75, 3.05) is 11.9 Å². The first-order valence-electron chi connectivity index (χ1n) is 6.66. The van der Waals surface area contributed by atoms with Crippen LogP contribution >= 0.6 is 23.2 Å². The second-order valence-electron chi connectivity index (χ2n) is 4.53. The Kier molecular flexibility index (Phi) is 5.48. The molecule has 2 aromatic rings. The highest BCUT2D eigenvalue weighted by Crippen LogP contribution is 2.22. The summed E-state index contributed by atoms with van der Waals surface area (Å²) in [5.74, 6) is -0.0650. The molecule has 5 heteroatoms. The van der Waals surface area contributed by atoms with Crippen molar-refractivity contribution in [3.63, 3.8) is 0 Å². The van der Waals surface area contributed by atoms with Crippen molar-refractivity contribution in [1.29, 1.82) is 0 Å². The fraction of sp³-hybridized carbons (Fsp3) is 0.188. The summed E-state index contributed by atoms with van der Waals surface area (Å²) >= 11 is 12.0. The molecule has 0 saturated heterocycles. The SMILES string of the molecule is CCNC(=O)c1ccc(NCc2ccc(Cl)cc2Cl)cc1. The average Bonchev–Trinajstić information content (AvgIpc) is 2.47. The zero-order valence-corrected chi connectivity index (χ0v) is 13.1. The van der Waals surface area contributed by atoms with Gasteiger partial charge in [-0.25, -0.2) is 0 Å². The third-order valence-corrected chi connectivity index (χ3v) is 3.57. The van der Waals surface area contributed by atoms with Gasteiger partial charge in [0.05, 0.1) is 0 Å². The van der Waals surface area contributed by atoms with Crippen molar-refractivity contribution in [2.45, 2.75) is 13.5 Å². The molecule has 1 amide bonds. The second-order valence-corrected chi connectivity index (χ2v) is 5.37. The normalized spacial score (nSPS) is 10.2. The molecule has 2 N–H and O–H groups in total. The Labute approximate surface area is 134 Å². The van der Waals surface area contributed by atoms with E-state index in [9.17, 15) is 4.79 Å². The monoisotopic (exact) mass is 322 g/mol. The van der Waals surface area contributed by atoms with Crippen molar-refractivity contribution < 1.29 is 4.79 Å². The van der Waals surface area contributed by atoms with E-state index < -0.39 is 0 Å². The van der Waals surface area contributed by atoms with Gasteiger partial charge in [-0.2, -0.15) is 0 Å². The highest BCUT2D eigenvalue weighted by molar-refractivity contribution is 6.35. The lowest BCUT2D eigenvalue weighted by Crippen LogP contribution is -2.22. The van der Waals surface area contributed by atoms with E-state index >= 15 is 0 Å². The minimum Gasteiger partial charge on any atom is -0.381 e. The van der Waals surface area contributed by atoms with E-state index in [1.807, 2.05) is 31.2 Å². The molecule has 0 spiro atoms. The Morgan fingerprint density at radius 2 is 1.81 bits per heavy atom. The van der Waals surface area contributed by atoms with Crippen LogP contribution in [0.25, 0.3) is 0 Å². The summed E-state index contributed by atoms with van der Waals surface area (Å²) in [6, 6.07) is 12.7. The highest BCUT2D eigenvalue weighted by Gasteiger charge is 2.04. The molecule has 0 fully saturated rings. The number of carbonyl (C=O) groups excluding carboxylic acids is 1. The summed E-state index contributed by atoms with van der Waals surface area (Å²) in [4.78, 5) is 11.7. The summed E-state index contributed by atoms with van der Waals surface area (Å²) in [5.41, 5.74) is 2.54. The predicted octanol–water partition coefficient (Wildman–Crippen LogP) is 4.36. The topological polar surface area (TPSA) is 41.1 Å². The average molecular weight is 323 g/mol. The summed E-state index contributed by atoms with van der Waals surface area (Å²) in [6.07, 6.45) is 0. The minimum atomic E-state index is -0.0650. The molecule has 0 aliphatic heterocycles. The van der Waals surface area contributed by atoms with Crippen LogP contribution in [0.1, 0.15) is 22.8 Å². The Morgan fingerprint density at radius 3 is 2.43 bits per heavy atom. The maximum atomic E-state index is 11.7. The van der Waals surface area contributed by atoms with Crippen LogP contribution < -0.4 is 10.6 Å². The van der Waals surface area contributed by atoms with Crippen molar-refractivity contribution >= 4 is 34.8 Å². The number of amides is 1. The van der Waals surface area contributed by atoms with Crippen molar-refractivity contribution in [3.8, 4) is 0 Å². The van der Waals surface area contributed by atoms with Gasteiger partial charge in [0, 0.05) is 34.4 Å². The molecule has 0 saturated carbocycles. The van der Waals surface area contributed by atoms with Crippen LogP contribution in [0.2, 0.25) is 10.0 Å². The molecule has 0 bridgehead atoms. The number of hydrogen-bond donors (Lipinski definition) is 2. The Hall–Kier alpha value is -1.71. The molecule has 0 unspecified atom stereocenters. The van der Waals surface area contributed by atoms with Gasteiger partial charge in [0.1, 0.15) is 0 Å². The molecule has 3 nitrogen and oxygen atoms in total. The number of benzene rings is 2. The number of nitrogens with one attached hydrogen (secondary N) is 2. The summed E-state index contributed by atoms with van der Waals surface area (Å²) in [6.45, 7) is 3.11. The van der Waals surface area contributed by atoms with Crippen LogP contribution in [-0.2, 0) is 6.54 Å². The van der Waals surface area contributed by atoms with E-state index in [1.54, 1.807) is 18.2 Å². The van der Waals surface area contributed by atoms with Crippen molar-refractivity contribution in [3.05, 3.63) is 63.6 Å². The van der Waals surface area contributed by atoms with E-state index in [1.165, 1.54) is 0 Å². The van der Waals surface area contributed by atoms with Crippen molar-refractivity contribution in [2.24, 2.45) is 0 Å². The van der Waals surface area contributed by atoms with Gasteiger partial charge < -0.3 is 10.6 Å². The van der Waals surface area contributed by atoms with E-state index in [4.69, 9.17) is 23.2 Å². The largest absolute Gasteiger partial charge is 0.381 e. The quantitative estimate of drug-likeness (QED) is 0.858. The summed E-state index contributed by atoms with van der Waals surface area (Å²) in [5, 5.41) is 7.28. The zero-order chi connectivity index (χ0) is 15.2. The van der Waals surface area contributed by atoms with E-state index in [2.05, 4.69) is 10.6 Å². The molecule has 2 rings (SSSR count). The maximum absolute atomic E-state index is 11.7. The number of halogens is 2. The number of hydrogen-bond acceptors (Lipinski definition) is 2. The zero-order valence-electron chi connectivity index (χ0n) is 11.6. The second kappa shape index (κ2) is 7.34. The lowest BCUT2D eigenvalue weighted by molar-refractivity contribution is 0.0956. The molecular formula is C16H16Cl2N2O. The number of rotatable bonds is 5. The molecule has 21 heavy (non-hydrogen) atoms. The third kappa shape index (κ3) is 4.38. The van der Waals surface area contributed by atoms with Crippen LogP contribution in [0, 0.1) is 0 Å². The van der Waals surface area contributed by atoms with Gasteiger partial charge in [-0.1, -0.05) is 29.3 Å². The highest BCUT2D eigenvalue weighted by atomic mass is 35.5. The van der Waals surface area contributed by atoms with Gasteiger partial charge in [0.25, 0.3) is 5.91 Å². The van der Waals surface area contributed by atoms with Gasteiger partial charge in [0.15, 0.2) is 0 Å². The fourth-order valence-corrected chi connectivity index (χ4v) is 2.34. The minimum absolute atomic E-state index is 0.0650. The van der Waals surface area contributed by atoms with Crippen LogP contribution in [-0.4, -0.2) is 12.5 Å². The van der Waals surface area contributed by atoms with E-state index in [0.717, 1.165) is 11.3 Å². The summed E-state index contributed by atoms with van der Waals surface area (Å²) < 4.78 is 0. The predicted molar refractivity (Wildman–Crippen MR) is 88.2 cm³/mol. The molecule has 0 atom stereocenters. The van der Waals surface area contributed by atoms with Gasteiger partial charge in [-0.3, -0.25) is 4.79 Å². The Morgan fingerprint density at radius 1 is 1.10 bits per heavy atom. The number of carbonyl (C=O) groups is 1. The van der Waals surface area contributed by atoms with Gasteiger partial charge in [-0.15, -0.1) is 0 Å². The third-order valence-electron chi connectivity index (χ3n) is 2.98. The van der Waals surface area contributed by atoms with Gasteiger partial charge in [0.2, 0.25) is 0 Å². The summed E-state index contributed by atoms with van der Waals surface area (Å²) in [7, 11) is 0. The molecule has 0 aliphatic rings. The fourth-order valence-electron chi connectivity index (χ4n) is 1.86. The van der Waals surface area contributed by atoms with Gasteiger partial charge >= 0.3 is 0 Å². The first-order chi connectivity index (χ1) is 10.1. The molecule has 2 aromatic carbocycles. The molecule has 0 heterocycles. The first-order valence-corrected chi connectivity index (χ1v) is 7.42. The Balaban J connectivity index is 1.99. The standard InChI is InChI=1S/C16H16Cl2N2O/c1-2-19-16(21)11-4-7-14(8-5-11)20-10-12-3-6-13(17)9-15(12)18/h3-9,20H,2,10H2,1H3,(H,19,21). The lowest BCUT2D eigenvalue weighted by atomic mass is 10.2. The number of anilines is 1. The molecule has 0 radical (unpaired) electrons. The van der Waals surface area contributed by atoms with Gasteiger partial charge in [-0.05, 0) is 48.9 Å². The molecular weight excluding hydrogens is 307 g/mol. The van der Waals surface area contributed by atoms with Crippen LogP contribution in [0.3, 0.4) is 0 Å². The first kappa shape index (κ1) is 15.7. The molecule has 110 valence electrons. The van der Waals surface area contributed by atoms with E-state index in [-0.39, 0.29) is 5.91 Å². The van der Waals surface area contributed by atoms with E-state index in [0.29, 0.717) is 28.7 Å².